The second-order valence-corrected chi connectivity index (χ2v) is 7.14. The fraction of sp³-hybridized carbons (Fsp3) is 0.476. The van der Waals surface area contributed by atoms with Gasteiger partial charge in [-0.3, -0.25) is 4.79 Å². The Bertz CT molecular complexity index is 817. The lowest BCUT2D eigenvalue weighted by Gasteiger charge is -2.33. The molecule has 1 fully saturated rings. The van der Waals surface area contributed by atoms with Crippen molar-refractivity contribution in [3.8, 4) is 5.75 Å². The summed E-state index contributed by atoms with van der Waals surface area (Å²) >= 11 is 0. The number of nitrogens with one attached hydrogen (secondary N) is 1. The van der Waals surface area contributed by atoms with Gasteiger partial charge in [-0.1, -0.05) is 0 Å². The summed E-state index contributed by atoms with van der Waals surface area (Å²) in [5, 5.41) is 3.14. The third kappa shape index (κ3) is 4.25. The highest BCUT2D eigenvalue weighted by molar-refractivity contribution is 5.94. The van der Waals surface area contributed by atoms with Crippen LogP contribution < -0.4 is 15.0 Å². The molecule has 0 saturated carbocycles. The minimum atomic E-state index is -0.0356. The molecule has 0 atom stereocenters. The SMILES string of the molecule is CCOc1ccc(C(=O)NC2CCN(c3ncc4c(n3)CCOC4)CC2)cc1. The van der Waals surface area contributed by atoms with Crippen molar-refractivity contribution in [2.45, 2.75) is 38.8 Å². The van der Waals surface area contributed by atoms with Crippen LogP contribution in [-0.2, 0) is 17.8 Å². The first kappa shape index (κ1) is 18.7. The summed E-state index contributed by atoms with van der Waals surface area (Å²) in [6.45, 7) is 5.56. The molecule has 1 aromatic carbocycles. The minimum Gasteiger partial charge on any atom is -0.494 e. The maximum absolute atomic E-state index is 12.5. The van der Waals surface area contributed by atoms with E-state index in [0.29, 0.717) is 18.8 Å². The fourth-order valence-electron chi connectivity index (χ4n) is 3.63. The molecule has 3 heterocycles. The molecule has 0 spiro atoms. The second kappa shape index (κ2) is 8.56. The molecule has 0 radical (unpaired) electrons. The Balaban J connectivity index is 1.31. The summed E-state index contributed by atoms with van der Waals surface area (Å²) in [5.74, 6) is 1.53. The van der Waals surface area contributed by atoms with Crippen molar-refractivity contribution in [2.24, 2.45) is 0 Å². The number of carbonyl (C=O) groups excluding carboxylic acids is 1. The average Bonchev–Trinajstić information content (AvgIpc) is 2.75. The lowest BCUT2D eigenvalue weighted by Crippen LogP contribution is -2.45. The Kier molecular flexibility index (Phi) is 5.71. The molecule has 1 aromatic heterocycles. The maximum atomic E-state index is 12.5. The minimum absolute atomic E-state index is 0.0356. The van der Waals surface area contributed by atoms with Gasteiger partial charge in [-0.2, -0.15) is 0 Å². The number of carbonyl (C=O) groups is 1. The summed E-state index contributed by atoms with van der Waals surface area (Å²) in [6, 6.07) is 7.44. The van der Waals surface area contributed by atoms with Crippen molar-refractivity contribution in [3.63, 3.8) is 0 Å². The van der Waals surface area contributed by atoms with Gasteiger partial charge in [-0.25, -0.2) is 9.97 Å². The van der Waals surface area contributed by atoms with Gasteiger partial charge < -0.3 is 19.7 Å². The number of aromatic nitrogens is 2. The van der Waals surface area contributed by atoms with E-state index in [1.54, 1.807) is 12.1 Å². The van der Waals surface area contributed by atoms with Gasteiger partial charge in [0.15, 0.2) is 0 Å². The van der Waals surface area contributed by atoms with E-state index in [-0.39, 0.29) is 11.9 Å². The molecule has 1 saturated heterocycles. The van der Waals surface area contributed by atoms with Crippen LogP contribution in [0, 0.1) is 0 Å². The third-order valence-electron chi connectivity index (χ3n) is 5.22. The number of rotatable bonds is 5. The van der Waals surface area contributed by atoms with Crippen molar-refractivity contribution in [1.82, 2.24) is 15.3 Å². The van der Waals surface area contributed by atoms with E-state index in [2.05, 4.69) is 15.2 Å². The summed E-state index contributed by atoms with van der Waals surface area (Å²) < 4.78 is 10.9. The number of ether oxygens (including phenoxy) is 2. The van der Waals surface area contributed by atoms with E-state index in [9.17, 15) is 4.79 Å². The first-order chi connectivity index (χ1) is 13.7. The summed E-state index contributed by atoms with van der Waals surface area (Å²) in [7, 11) is 0. The molecule has 0 aliphatic carbocycles. The highest BCUT2D eigenvalue weighted by Gasteiger charge is 2.23. The predicted octanol–water partition coefficient (Wildman–Crippen LogP) is 2.35. The monoisotopic (exact) mass is 382 g/mol. The van der Waals surface area contributed by atoms with Crippen LogP contribution in [0.5, 0.6) is 5.75 Å². The van der Waals surface area contributed by atoms with Gasteiger partial charge in [0.2, 0.25) is 5.95 Å². The number of benzene rings is 1. The highest BCUT2D eigenvalue weighted by Crippen LogP contribution is 2.21. The van der Waals surface area contributed by atoms with E-state index in [1.165, 1.54) is 0 Å². The van der Waals surface area contributed by atoms with Crippen molar-refractivity contribution in [2.75, 3.05) is 31.2 Å². The Labute approximate surface area is 165 Å². The van der Waals surface area contributed by atoms with Crippen LogP contribution in [0.3, 0.4) is 0 Å². The van der Waals surface area contributed by atoms with Crippen molar-refractivity contribution in [3.05, 3.63) is 47.3 Å². The molecule has 2 aliphatic heterocycles. The van der Waals surface area contributed by atoms with Crippen LogP contribution in [0.2, 0.25) is 0 Å². The Morgan fingerprint density at radius 1 is 1.29 bits per heavy atom. The molecule has 2 aromatic rings. The molecule has 148 valence electrons. The van der Waals surface area contributed by atoms with Gasteiger partial charge in [0.25, 0.3) is 5.91 Å². The van der Waals surface area contributed by atoms with Crippen molar-refractivity contribution >= 4 is 11.9 Å². The number of piperidine rings is 1. The van der Waals surface area contributed by atoms with Crippen LogP contribution in [-0.4, -0.2) is 48.2 Å². The molecule has 1 N–H and O–H groups in total. The fourth-order valence-corrected chi connectivity index (χ4v) is 3.63. The highest BCUT2D eigenvalue weighted by atomic mass is 16.5. The van der Waals surface area contributed by atoms with Crippen molar-refractivity contribution < 1.29 is 14.3 Å². The van der Waals surface area contributed by atoms with E-state index < -0.39 is 0 Å². The third-order valence-corrected chi connectivity index (χ3v) is 5.22. The molecule has 4 rings (SSSR count). The van der Waals surface area contributed by atoms with Gasteiger partial charge in [0.05, 0.1) is 25.5 Å². The van der Waals surface area contributed by atoms with Crippen LogP contribution in [0.4, 0.5) is 5.95 Å². The zero-order valence-electron chi connectivity index (χ0n) is 16.2. The Hall–Kier alpha value is -2.67. The molecule has 1 amide bonds. The number of hydrogen-bond acceptors (Lipinski definition) is 6. The van der Waals surface area contributed by atoms with Crippen LogP contribution in [0.25, 0.3) is 0 Å². The summed E-state index contributed by atoms with van der Waals surface area (Å²) in [6.07, 6.45) is 4.49. The van der Waals surface area contributed by atoms with Gasteiger partial charge in [0.1, 0.15) is 5.75 Å². The van der Waals surface area contributed by atoms with Crippen molar-refractivity contribution in [1.29, 1.82) is 0 Å². The standard InChI is InChI=1S/C21H26N4O3/c1-2-28-18-5-3-15(4-6-18)20(26)23-17-7-10-25(11-8-17)21-22-13-16-14-27-12-9-19(16)24-21/h3-6,13,17H,2,7-12,14H2,1H3,(H,23,26). The molecule has 28 heavy (non-hydrogen) atoms. The smallest absolute Gasteiger partial charge is 0.251 e. The van der Waals surface area contributed by atoms with E-state index in [4.69, 9.17) is 14.5 Å². The Morgan fingerprint density at radius 3 is 2.82 bits per heavy atom. The molecule has 0 bridgehead atoms. The average molecular weight is 382 g/mol. The number of nitrogens with zero attached hydrogens (tertiary/aromatic N) is 3. The molecule has 7 nitrogen and oxygen atoms in total. The lowest BCUT2D eigenvalue weighted by atomic mass is 10.0. The predicted molar refractivity (Wildman–Crippen MR) is 106 cm³/mol. The quantitative estimate of drug-likeness (QED) is 0.855. The number of anilines is 1. The van der Waals surface area contributed by atoms with Gasteiger partial charge >= 0.3 is 0 Å². The normalized spacial score (nSPS) is 17.1. The molecular weight excluding hydrogens is 356 g/mol. The first-order valence-electron chi connectivity index (χ1n) is 9.94. The molecular formula is C21H26N4O3. The molecule has 7 heteroatoms. The number of hydrogen-bond donors (Lipinski definition) is 1. The van der Waals surface area contributed by atoms with Crippen LogP contribution in [0.15, 0.2) is 30.5 Å². The van der Waals surface area contributed by atoms with E-state index in [1.807, 2.05) is 25.3 Å². The van der Waals surface area contributed by atoms with Gasteiger partial charge in [-0.15, -0.1) is 0 Å². The van der Waals surface area contributed by atoms with Crippen LogP contribution in [0.1, 0.15) is 41.4 Å². The topological polar surface area (TPSA) is 76.6 Å². The zero-order chi connectivity index (χ0) is 19.3. The van der Waals surface area contributed by atoms with Gasteiger partial charge in [-0.05, 0) is 44.0 Å². The number of fused-ring (bicyclic) bond motifs is 1. The Morgan fingerprint density at radius 2 is 2.07 bits per heavy atom. The summed E-state index contributed by atoms with van der Waals surface area (Å²) in [5.41, 5.74) is 2.85. The second-order valence-electron chi connectivity index (χ2n) is 7.14. The number of amides is 1. The lowest BCUT2D eigenvalue weighted by molar-refractivity contribution is 0.0931. The van der Waals surface area contributed by atoms with E-state index >= 15 is 0 Å². The molecule has 0 unspecified atom stereocenters. The molecule has 2 aliphatic rings. The largest absolute Gasteiger partial charge is 0.494 e. The maximum Gasteiger partial charge on any atom is 0.251 e. The zero-order valence-corrected chi connectivity index (χ0v) is 16.2. The van der Waals surface area contributed by atoms with Crippen LogP contribution >= 0.6 is 0 Å². The first-order valence-corrected chi connectivity index (χ1v) is 9.94. The van der Waals surface area contributed by atoms with Gasteiger partial charge in [0, 0.05) is 42.9 Å². The van der Waals surface area contributed by atoms with E-state index in [0.717, 1.165) is 61.9 Å². The summed E-state index contributed by atoms with van der Waals surface area (Å²) in [4.78, 5) is 23.9.